The van der Waals surface area contributed by atoms with Gasteiger partial charge in [-0.25, -0.2) is 8.78 Å². The van der Waals surface area contributed by atoms with Crippen LogP contribution in [0.4, 0.5) is 19.5 Å². The van der Waals surface area contributed by atoms with E-state index in [-0.39, 0.29) is 40.7 Å². The van der Waals surface area contributed by atoms with Crippen LogP contribution >= 0.6 is 23.1 Å². The number of amidine groups is 1. The normalized spacial score (nSPS) is 11.8. The average Bonchev–Trinajstić information content (AvgIpc) is 3.07. The smallest absolute Gasteiger partial charge is 0.236 e. The number of hydrogen-bond acceptors (Lipinski definition) is 7. The first-order chi connectivity index (χ1) is 14.3. The fourth-order valence-corrected chi connectivity index (χ4v) is 3.29. The van der Waals surface area contributed by atoms with E-state index in [0.29, 0.717) is 22.5 Å². The van der Waals surface area contributed by atoms with E-state index >= 15 is 0 Å². The molecular formula is C19H17ClF2N4O3S. The summed E-state index contributed by atoms with van der Waals surface area (Å²) in [6, 6.07) is 7.65. The molecule has 1 aromatic heterocycles. The zero-order chi connectivity index (χ0) is 21.8. The summed E-state index contributed by atoms with van der Waals surface area (Å²) in [7, 11) is 0. The quantitative estimate of drug-likeness (QED) is 0.202. The molecule has 1 atom stereocenters. The molecule has 0 fully saturated rings. The van der Waals surface area contributed by atoms with Crippen LogP contribution in [-0.4, -0.2) is 33.1 Å². The van der Waals surface area contributed by atoms with Crippen molar-refractivity contribution in [2.45, 2.75) is 13.0 Å². The van der Waals surface area contributed by atoms with Crippen LogP contribution in [-0.2, 0) is 0 Å². The zero-order valence-corrected chi connectivity index (χ0v) is 17.1. The molecule has 0 radical (unpaired) electrons. The summed E-state index contributed by atoms with van der Waals surface area (Å²) >= 11 is 6.76. The van der Waals surface area contributed by atoms with Gasteiger partial charge in [0, 0.05) is 23.9 Å². The molecular weight excluding hydrogens is 438 g/mol. The Kier molecular flexibility index (Phi) is 6.70. The standard InChI is InChI=1S/C19H17ClF2N4O3S/c1-9(8-27)24-17(23)15-18(28)26-30-19(15)25-11-2-4-12(5-3-11)29-14-7-10(21)6-13(22)16(14)20/h2-7,9,25,27H,8H2,1H3,(H2,23,24)(H,26,28). The lowest BCUT2D eigenvalue weighted by Crippen LogP contribution is -2.35. The molecule has 0 spiro atoms. The second-order valence-corrected chi connectivity index (χ2v) is 7.42. The van der Waals surface area contributed by atoms with Crippen molar-refractivity contribution < 1.29 is 23.7 Å². The number of rotatable bonds is 7. The van der Waals surface area contributed by atoms with Crippen molar-refractivity contribution in [3.8, 4) is 17.4 Å². The van der Waals surface area contributed by atoms with Gasteiger partial charge in [-0.05, 0) is 42.7 Å². The predicted molar refractivity (Wildman–Crippen MR) is 111 cm³/mol. The Bertz CT molecular complexity index is 1060. The van der Waals surface area contributed by atoms with Gasteiger partial charge < -0.3 is 25.6 Å². The van der Waals surface area contributed by atoms with Crippen molar-refractivity contribution in [3.63, 3.8) is 0 Å². The van der Waals surface area contributed by atoms with Crippen LogP contribution in [0.15, 0.2) is 36.4 Å². The molecule has 158 valence electrons. The molecule has 0 aliphatic heterocycles. The summed E-state index contributed by atoms with van der Waals surface area (Å²) in [5.74, 6) is -1.99. The topological polar surface area (TPSA) is 110 Å². The first kappa shape index (κ1) is 21.8. The van der Waals surface area contributed by atoms with Crippen molar-refractivity contribution in [1.29, 1.82) is 5.41 Å². The number of hydrogen-bond donors (Lipinski definition) is 5. The number of ether oxygens (including phenoxy) is 1. The summed E-state index contributed by atoms with van der Waals surface area (Å²) in [5, 5.41) is 33.1. The monoisotopic (exact) mass is 454 g/mol. The number of aliphatic hydroxyl groups excluding tert-OH is 1. The molecule has 30 heavy (non-hydrogen) atoms. The van der Waals surface area contributed by atoms with Crippen molar-refractivity contribution in [1.82, 2.24) is 9.69 Å². The summed E-state index contributed by atoms with van der Waals surface area (Å²) < 4.78 is 36.2. The van der Waals surface area contributed by atoms with E-state index in [1.54, 1.807) is 31.2 Å². The van der Waals surface area contributed by atoms with E-state index in [9.17, 15) is 13.9 Å². The van der Waals surface area contributed by atoms with Gasteiger partial charge in [-0.15, -0.1) is 0 Å². The van der Waals surface area contributed by atoms with Crippen LogP contribution in [0.1, 0.15) is 12.5 Å². The largest absolute Gasteiger partial charge is 0.492 e. The van der Waals surface area contributed by atoms with Gasteiger partial charge in [0.1, 0.15) is 38.8 Å². The molecule has 0 amide bonds. The highest BCUT2D eigenvalue weighted by Crippen LogP contribution is 2.35. The molecule has 2 aromatic carbocycles. The molecule has 0 bridgehead atoms. The minimum Gasteiger partial charge on any atom is -0.492 e. The van der Waals surface area contributed by atoms with E-state index < -0.39 is 11.6 Å². The lowest BCUT2D eigenvalue weighted by molar-refractivity contribution is 0.264. The fourth-order valence-electron chi connectivity index (χ4n) is 2.43. The maximum Gasteiger partial charge on any atom is 0.236 e. The number of halogens is 3. The molecule has 0 aliphatic carbocycles. The third-order valence-corrected chi connectivity index (χ3v) is 5.01. The van der Waals surface area contributed by atoms with Gasteiger partial charge in [-0.3, -0.25) is 5.41 Å². The third kappa shape index (κ3) is 4.96. The lowest BCUT2D eigenvalue weighted by atomic mass is 10.2. The van der Waals surface area contributed by atoms with Crippen LogP contribution in [0.25, 0.3) is 0 Å². The highest BCUT2D eigenvalue weighted by atomic mass is 35.5. The fraction of sp³-hybridized carbons (Fsp3) is 0.158. The van der Waals surface area contributed by atoms with E-state index in [1.807, 2.05) is 0 Å². The Morgan fingerprint density at radius 1 is 1.30 bits per heavy atom. The van der Waals surface area contributed by atoms with E-state index in [0.717, 1.165) is 17.6 Å². The number of nitrogens with one attached hydrogen (secondary N) is 3. The number of aromatic hydroxyl groups is 1. The third-order valence-electron chi connectivity index (χ3n) is 3.89. The Morgan fingerprint density at radius 3 is 2.67 bits per heavy atom. The molecule has 0 aliphatic rings. The Balaban J connectivity index is 1.75. The van der Waals surface area contributed by atoms with E-state index in [1.165, 1.54) is 0 Å². The highest BCUT2D eigenvalue weighted by molar-refractivity contribution is 7.11. The van der Waals surface area contributed by atoms with Gasteiger partial charge in [-0.1, -0.05) is 11.6 Å². The van der Waals surface area contributed by atoms with Gasteiger partial charge in [-0.2, -0.15) is 4.37 Å². The Morgan fingerprint density at radius 2 is 2.00 bits per heavy atom. The molecule has 0 saturated carbocycles. The molecule has 7 nitrogen and oxygen atoms in total. The number of benzene rings is 2. The molecule has 1 heterocycles. The predicted octanol–water partition coefficient (Wildman–Crippen LogP) is 4.61. The lowest BCUT2D eigenvalue weighted by Gasteiger charge is -2.14. The van der Waals surface area contributed by atoms with Crippen molar-refractivity contribution in [3.05, 3.63) is 58.6 Å². The summed E-state index contributed by atoms with van der Waals surface area (Å²) in [6.45, 7) is 1.51. The van der Waals surface area contributed by atoms with Crippen LogP contribution in [0, 0.1) is 17.0 Å². The first-order valence-corrected chi connectivity index (χ1v) is 9.78. The second-order valence-electron chi connectivity index (χ2n) is 6.26. The van der Waals surface area contributed by atoms with Crippen molar-refractivity contribution in [2.24, 2.45) is 0 Å². The van der Waals surface area contributed by atoms with Gasteiger partial charge in [0.05, 0.1) is 6.61 Å². The van der Waals surface area contributed by atoms with Crippen molar-refractivity contribution >= 4 is 39.7 Å². The summed E-state index contributed by atoms with van der Waals surface area (Å²) in [4.78, 5) is 0. The summed E-state index contributed by atoms with van der Waals surface area (Å²) in [6.07, 6.45) is 0. The van der Waals surface area contributed by atoms with Crippen LogP contribution < -0.4 is 15.4 Å². The molecule has 0 saturated heterocycles. The van der Waals surface area contributed by atoms with Crippen LogP contribution in [0.2, 0.25) is 5.02 Å². The molecule has 3 aromatic rings. The van der Waals surface area contributed by atoms with Crippen molar-refractivity contribution in [2.75, 3.05) is 11.9 Å². The van der Waals surface area contributed by atoms with Gasteiger partial charge in [0.15, 0.2) is 5.75 Å². The second kappa shape index (κ2) is 9.24. The molecule has 3 rings (SSSR count). The van der Waals surface area contributed by atoms with Gasteiger partial charge in [0.25, 0.3) is 0 Å². The van der Waals surface area contributed by atoms with Gasteiger partial charge in [0.2, 0.25) is 5.88 Å². The van der Waals surface area contributed by atoms with Gasteiger partial charge >= 0.3 is 0 Å². The minimum atomic E-state index is -0.922. The maximum atomic E-state index is 13.5. The number of aromatic nitrogens is 1. The maximum absolute atomic E-state index is 13.5. The number of aliphatic hydroxyl groups is 1. The number of nitrogens with zero attached hydrogens (tertiary/aromatic N) is 1. The Hall–Kier alpha value is -2.95. The minimum absolute atomic E-state index is 0.0898. The van der Waals surface area contributed by atoms with E-state index in [4.69, 9.17) is 26.9 Å². The van der Waals surface area contributed by atoms with Crippen LogP contribution in [0.5, 0.6) is 17.4 Å². The number of anilines is 2. The Labute approximate surface area is 179 Å². The highest BCUT2D eigenvalue weighted by Gasteiger charge is 2.19. The molecule has 5 N–H and O–H groups in total. The SMILES string of the molecule is CC(CO)NC(=N)c1c(O)nsc1Nc1ccc(Oc2cc(F)cc(F)c2Cl)cc1. The zero-order valence-electron chi connectivity index (χ0n) is 15.5. The van der Waals surface area contributed by atoms with Crippen LogP contribution in [0.3, 0.4) is 0 Å². The first-order valence-electron chi connectivity index (χ1n) is 8.63. The van der Waals surface area contributed by atoms with E-state index in [2.05, 4.69) is 15.0 Å². The molecule has 1 unspecified atom stereocenters. The summed E-state index contributed by atoms with van der Waals surface area (Å²) in [5.41, 5.74) is 0.759. The average molecular weight is 455 g/mol. The molecule has 11 heteroatoms.